The van der Waals surface area contributed by atoms with Crippen LogP contribution in [0.15, 0.2) is 41.7 Å². The number of alkyl halides is 3. The van der Waals surface area contributed by atoms with Crippen molar-refractivity contribution in [1.82, 2.24) is 9.97 Å². The zero-order chi connectivity index (χ0) is 16.2. The maximum atomic E-state index is 12.6. The van der Waals surface area contributed by atoms with E-state index in [1.165, 1.54) is 0 Å². The van der Waals surface area contributed by atoms with Crippen molar-refractivity contribution >= 4 is 11.8 Å². The summed E-state index contributed by atoms with van der Waals surface area (Å²) in [6, 6.07) is 10.5. The third kappa shape index (κ3) is 4.46. The number of hydrogen-bond donors (Lipinski definition) is 0. The second kappa shape index (κ2) is 6.79. The van der Waals surface area contributed by atoms with Crippen LogP contribution in [0.4, 0.5) is 13.2 Å². The van der Waals surface area contributed by atoms with Gasteiger partial charge in [-0.3, -0.25) is 0 Å². The molecule has 0 spiro atoms. The molecule has 2 aromatic rings. The molecule has 0 saturated heterocycles. The minimum absolute atomic E-state index is 0.0477. The van der Waals surface area contributed by atoms with E-state index in [0.29, 0.717) is 6.42 Å². The molecule has 1 atom stereocenters. The highest BCUT2D eigenvalue weighted by Crippen LogP contribution is 2.29. The molecule has 0 bridgehead atoms. The van der Waals surface area contributed by atoms with Crippen LogP contribution in [-0.2, 0) is 12.6 Å². The van der Waals surface area contributed by atoms with E-state index in [9.17, 15) is 18.4 Å². The summed E-state index contributed by atoms with van der Waals surface area (Å²) in [5.41, 5.74) is 1.04. The smallest absolute Gasteiger partial charge is 0.231 e. The molecule has 0 radical (unpaired) electrons. The number of aromatic nitrogens is 2. The second-order valence-corrected chi connectivity index (χ2v) is 5.82. The number of nitriles is 1. The average molecular weight is 323 g/mol. The van der Waals surface area contributed by atoms with E-state index in [1.54, 1.807) is 0 Å². The molecular weight excluding hydrogens is 311 g/mol. The maximum absolute atomic E-state index is 12.6. The molecule has 1 aromatic heterocycles. The molecule has 0 N–H and O–H groups in total. The first kappa shape index (κ1) is 16.3. The summed E-state index contributed by atoms with van der Waals surface area (Å²) in [5, 5.41) is 8.59. The highest BCUT2D eigenvalue weighted by Gasteiger charge is 2.33. The molecular formula is C15H12F3N3S. The lowest BCUT2D eigenvalue weighted by molar-refractivity contribution is -0.141. The van der Waals surface area contributed by atoms with Crippen LogP contribution in [0.5, 0.6) is 0 Å². The summed E-state index contributed by atoms with van der Waals surface area (Å²) in [5.74, 6) is 0. The largest absolute Gasteiger partial charge is 0.433 e. The molecule has 0 saturated carbocycles. The van der Waals surface area contributed by atoms with Crippen LogP contribution in [0.25, 0.3) is 0 Å². The van der Waals surface area contributed by atoms with Crippen LogP contribution in [0.1, 0.15) is 16.8 Å². The molecule has 3 nitrogen and oxygen atoms in total. The number of rotatable bonds is 4. The number of thioether (sulfide) groups is 1. The first-order valence-electron chi connectivity index (χ1n) is 6.40. The van der Waals surface area contributed by atoms with E-state index in [-0.39, 0.29) is 5.16 Å². The lowest BCUT2D eigenvalue weighted by Gasteiger charge is -2.10. The van der Waals surface area contributed by atoms with Crippen molar-refractivity contribution in [1.29, 1.82) is 5.26 Å². The summed E-state index contributed by atoms with van der Waals surface area (Å²) in [6.07, 6.45) is -3.04. The fourth-order valence-corrected chi connectivity index (χ4v) is 2.59. The Morgan fingerprint density at radius 2 is 1.91 bits per heavy atom. The number of nitrogens with zero attached hydrogens (tertiary/aromatic N) is 3. The van der Waals surface area contributed by atoms with E-state index >= 15 is 0 Å². The van der Waals surface area contributed by atoms with Gasteiger partial charge in [-0.25, -0.2) is 9.97 Å². The highest BCUT2D eigenvalue weighted by molar-refractivity contribution is 8.00. The lowest BCUT2D eigenvalue weighted by Crippen LogP contribution is -2.10. The van der Waals surface area contributed by atoms with Crippen LogP contribution in [0.2, 0.25) is 0 Å². The van der Waals surface area contributed by atoms with E-state index in [1.807, 2.05) is 31.2 Å². The van der Waals surface area contributed by atoms with Crippen LogP contribution < -0.4 is 0 Å². The van der Waals surface area contributed by atoms with Crippen molar-refractivity contribution in [2.75, 3.05) is 0 Å². The number of hydrogen-bond acceptors (Lipinski definition) is 4. The van der Waals surface area contributed by atoms with Gasteiger partial charge in [0.25, 0.3) is 0 Å². The lowest BCUT2D eigenvalue weighted by atomic mass is 10.1. The van der Waals surface area contributed by atoms with E-state index < -0.39 is 17.1 Å². The average Bonchev–Trinajstić information content (AvgIpc) is 2.48. The minimum Gasteiger partial charge on any atom is -0.231 e. The van der Waals surface area contributed by atoms with Gasteiger partial charge in [0.15, 0.2) is 5.16 Å². The monoisotopic (exact) mass is 323 g/mol. The van der Waals surface area contributed by atoms with Crippen molar-refractivity contribution in [3.8, 4) is 6.07 Å². The Bertz CT molecular complexity index is 678. The van der Waals surface area contributed by atoms with Gasteiger partial charge in [-0.1, -0.05) is 41.6 Å². The van der Waals surface area contributed by atoms with Gasteiger partial charge in [0, 0.05) is 6.20 Å². The van der Waals surface area contributed by atoms with Gasteiger partial charge in [-0.2, -0.15) is 18.4 Å². The second-order valence-electron chi connectivity index (χ2n) is 4.65. The predicted octanol–water partition coefficient (Wildman–Crippen LogP) is 4.03. The molecule has 22 heavy (non-hydrogen) atoms. The van der Waals surface area contributed by atoms with Crippen LogP contribution in [0.3, 0.4) is 0 Å². The third-order valence-electron chi connectivity index (χ3n) is 2.86. The zero-order valence-electron chi connectivity index (χ0n) is 11.6. The van der Waals surface area contributed by atoms with Crippen LogP contribution in [-0.4, -0.2) is 15.2 Å². The molecule has 0 aliphatic carbocycles. The summed E-state index contributed by atoms with van der Waals surface area (Å²) < 4.78 is 37.8. The summed E-state index contributed by atoms with van der Waals surface area (Å²) in [7, 11) is 0. The Morgan fingerprint density at radius 1 is 1.23 bits per heavy atom. The quantitative estimate of drug-likeness (QED) is 0.629. The first-order valence-corrected chi connectivity index (χ1v) is 7.28. The molecule has 0 unspecified atom stereocenters. The Kier molecular flexibility index (Phi) is 5.03. The fourth-order valence-electron chi connectivity index (χ4n) is 1.73. The summed E-state index contributed by atoms with van der Waals surface area (Å²) >= 11 is 0.935. The normalized spacial score (nSPS) is 12.7. The Hall–Kier alpha value is -2.07. The van der Waals surface area contributed by atoms with Gasteiger partial charge in [-0.05, 0) is 25.0 Å². The van der Waals surface area contributed by atoms with Gasteiger partial charge in [0.2, 0.25) is 0 Å². The molecule has 7 heteroatoms. The number of halogens is 3. The summed E-state index contributed by atoms with van der Waals surface area (Å²) in [6.45, 7) is 1.96. The van der Waals surface area contributed by atoms with E-state index in [4.69, 9.17) is 0 Å². The van der Waals surface area contributed by atoms with Gasteiger partial charge >= 0.3 is 6.18 Å². The molecule has 0 aliphatic rings. The Balaban J connectivity index is 2.10. The van der Waals surface area contributed by atoms with Gasteiger partial charge in [-0.15, -0.1) is 0 Å². The van der Waals surface area contributed by atoms with Crippen molar-refractivity contribution < 1.29 is 13.2 Å². The predicted molar refractivity (Wildman–Crippen MR) is 77.2 cm³/mol. The number of benzene rings is 1. The third-order valence-corrected chi connectivity index (χ3v) is 3.82. The van der Waals surface area contributed by atoms with Gasteiger partial charge in [0.05, 0.1) is 6.07 Å². The molecule has 0 aliphatic heterocycles. The highest BCUT2D eigenvalue weighted by atomic mass is 32.2. The molecule has 0 fully saturated rings. The minimum atomic E-state index is -4.52. The number of aryl methyl sites for hydroxylation is 1. The zero-order valence-corrected chi connectivity index (χ0v) is 12.4. The Labute approximate surface area is 130 Å². The molecule has 114 valence electrons. The van der Waals surface area contributed by atoms with E-state index in [2.05, 4.69) is 16.0 Å². The first-order chi connectivity index (χ1) is 10.4. The molecule has 1 heterocycles. The SMILES string of the molecule is Cc1ccc(C[C@H](C#N)Sc2nccc(C(F)(F)F)n2)cc1. The van der Waals surface area contributed by atoms with E-state index in [0.717, 1.165) is 35.2 Å². The van der Waals surface area contributed by atoms with Gasteiger partial charge < -0.3 is 0 Å². The molecule has 2 rings (SSSR count). The molecule has 1 aromatic carbocycles. The van der Waals surface area contributed by atoms with Crippen LogP contribution >= 0.6 is 11.8 Å². The summed E-state index contributed by atoms with van der Waals surface area (Å²) in [4.78, 5) is 7.26. The fraction of sp³-hybridized carbons (Fsp3) is 0.267. The van der Waals surface area contributed by atoms with Crippen molar-refractivity contribution in [3.05, 3.63) is 53.3 Å². The van der Waals surface area contributed by atoms with Crippen molar-refractivity contribution in [2.24, 2.45) is 0 Å². The van der Waals surface area contributed by atoms with Crippen molar-refractivity contribution in [3.63, 3.8) is 0 Å². The molecule has 0 amide bonds. The van der Waals surface area contributed by atoms with Crippen molar-refractivity contribution in [2.45, 2.75) is 29.9 Å². The standard InChI is InChI=1S/C15H12F3N3S/c1-10-2-4-11(5-3-10)8-12(9-19)22-14-20-7-6-13(21-14)15(16,17)18/h2-7,12H,8H2,1H3/t12-/m1/s1. The maximum Gasteiger partial charge on any atom is 0.433 e. The topological polar surface area (TPSA) is 49.6 Å². The van der Waals surface area contributed by atoms with Gasteiger partial charge in [0.1, 0.15) is 10.9 Å². The Morgan fingerprint density at radius 3 is 2.50 bits per heavy atom. The van der Waals surface area contributed by atoms with Crippen LogP contribution in [0, 0.1) is 18.3 Å².